The lowest BCUT2D eigenvalue weighted by Crippen LogP contribution is -1.95. The zero-order chi connectivity index (χ0) is 7.66. The molecule has 0 aromatic heterocycles. The summed E-state index contributed by atoms with van der Waals surface area (Å²) in [5.41, 5.74) is 0. The summed E-state index contributed by atoms with van der Waals surface area (Å²) in [6, 6.07) is 0. The van der Waals surface area contributed by atoms with E-state index in [0.717, 1.165) is 6.42 Å². The minimum atomic E-state index is 0.609. The van der Waals surface area contributed by atoms with Gasteiger partial charge in [-0.1, -0.05) is 6.08 Å². The Morgan fingerprint density at radius 3 is 2.70 bits per heavy atom. The van der Waals surface area contributed by atoms with Crippen molar-refractivity contribution >= 4 is 6.21 Å². The highest BCUT2D eigenvalue weighted by Crippen LogP contribution is 1.84. The maximum Gasteiger partial charge on any atom is 0.0516 e. The van der Waals surface area contributed by atoms with E-state index in [-0.39, 0.29) is 0 Å². The van der Waals surface area contributed by atoms with Crippen molar-refractivity contribution in [2.75, 3.05) is 13.2 Å². The fourth-order valence-electron chi connectivity index (χ4n) is 0.463. The maximum absolute atomic E-state index is 7.97. The first-order valence-corrected chi connectivity index (χ1v) is 3.26. The number of hydrogen-bond donors (Lipinski definition) is 1. The molecule has 0 rings (SSSR count). The molecule has 0 amide bonds. The van der Waals surface area contributed by atoms with Crippen LogP contribution in [-0.4, -0.2) is 24.6 Å². The van der Waals surface area contributed by atoms with Crippen molar-refractivity contribution in [1.82, 2.24) is 0 Å². The molecule has 0 aliphatic carbocycles. The van der Waals surface area contributed by atoms with Gasteiger partial charge in [0.1, 0.15) is 0 Å². The lowest BCUT2D eigenvalue weighted by molar-refractivity contribution is 0.146. The molecule has 10 heavy (non-hydrogen) atoms. The predicted molar refractivity (Wildman–Crippen MR) is 40.5 cm³/mol. The summed E-state index contributed by atoms with van der Waals surface area (Å²) in [7, 11) is 0. The zero-order valence-electron chi connectivity index (χ0n) is 5.99. The average molecular weight is 143 g/mol. The van der Waals surface area contributed by atoms with Gasteiger partial charge in [-0.15, -0.1) is 11.7 Å². The minimum Gasteiger partial charge on any atom is -0.411 e. The van der Waals surface area contributed by atoms with Crippen LogP contribution in [0.2, 0.25) is 0 Å². The summed E-state index contributed by atoms with van der Waals surface area (Å²) in [5.74, 6) is 0. The van der Waals surface area contributed by atoms with Gasteiger partial charge in [0.2, 0.25) is 0 Å². The number of hydrogen-bond acceptors (Lipinski definition) is 3. The second kappa shape index (κ2) is 8.17. The van der Waals surface area contributed by atoms with Gasteiger partial charge in [-0.05, 0) is 6.42 Å². The third-order valence-electron chi connectivity index (χ3n) is 0.939. The van der Waals surface area contributed by atoms with E-state index >= 15 is 0 Å². The van der Waals surface area contributed by atoms with Crippen LogP contribution in [0.4, 0.5) is 0 Å². The highest BCUT2D eigenvalue weighted by molar-refractivity contribution is 5.56. The van der Waals surface area contributed by atoms with Crippen LogP contribution in [0.3, 0.4) is 0 Å². The molecule has 1 N–H and O–H groups in total. The smallest absolute Gasteiger partial charge is 0.0516 e. The van der Waals surface area contributed by atoms with Gasteiger partial charge < -0.3 is 9.94 Å². The Labute approximate surface area is 61.0 Å². The number of nitrogens with zero attached hydrogens (tertiary/aromatic N) is 1. The largest absolute Gasteiger partial charge is 0.411 e. The summed E-state index contributed by atoms with van der Waals surface area (Å²) in [5, 5.41) is 10.8. The molecule has 0 saturated carbocycles. The Balaban J connectivity index is 2.83. The molecular weight excluding hydrogens is 130 g/mol. The van der Waals surface area contributed by atoms with Crippen LogP contribution in [0.25, 0.3) is 0 Å². The van der Waals surface area contributed by atoms with E-state index in [1.807, 2.05) is 0 Å². The monoisotopic (exact) mass is 143 g/mol. The molecule has 0 unspecified atom stereocenters. The first-order valence-electron chi connectivity index (χ1n) is 3.26. The summed E-state index contributed by atoms with van der Waals surface area (Å²) in [6.07, 6.45) is 4.75. The second-order valence-corrected chi connectivity index (χ2v) is 1.78. The summed E-state index contributed by atoms with van der Waals surface area (Å²) < 4.78 is 5.10. The molecule has 58 valence electrons. The van der Waals surface area contributed by atoms with Crippen molar-refractivity contribution in [2.24, 2.45) is 5.16 Å². The van der Waals surface area contributed by atoms with E-state index < -0.39 is 0 Å². The van der Waals surface area contributed by atoms with Gasteiger partial charge in [-0.2, -0.15) is 0 Å². The average Bonchev–Trinajstić information content (AvgIpc) is 1.97. The molecule has 0 atom stereocenters. The third kappa shape index (κ3) is 7.17. The van der Waals surface area contributed by atoms with Crippen LogP contribution in [-0.2, 0) is 4.74 Å². The fourth-order valence-corrected chi connectivity index (χ4v) is 0.463. The molecule has 0 aromatic carbocycles. The SMILES string of the molecule is C=CCCOCC/C=N\O. The van der Waals surface area contributed by atoms with Crippen molar-refractivity contribution in [3.63, 3.8) is 0 Å². The Kier molecular flexibility index (Phi) is 7.49. The molecule has 0 aliphatic heterocycles. The van der Waals surface area contributed by atoms with Gasteiger partial charge in [-0.3, -0.25) is 0 Å². The Morgan fingerprint density at radius 2 is 2.10 bits per heavy atom. The van der Waals surface area contributed by atoms with E-state index in [4.69, 9.17) is 9.94 Å². The lowest BCUT2D eigenvalue weighted by atomic mass is 10.4. The molecule has 0 fully saturated rings. The van der Waals surface area contributed by atoms with Gasteiger partial charge in [0.25, 0.3) is 0 Å². The Morgan fingerprint density at radius 1 is 1.40 bits per heavy atom. The zero-order valence-corrected chi connectivity index (χ0v) is 5.99. The van der Waals surface area contributed by atoms with Gasteiger partial charge in [0, 0.05) is 12.6 Å². The molecule has 3 heteroatoms. The minimum absolute atomic E-state index is 0.609. The fraction of sp³-hybridized carbons (Fsp3) is 0.571. The van der Waals surface area contributed by atoms with Crippen molar-refractivity contribution in [1.29, 1.82) is 0 Å². The maximum atomic E-state index is 7.97. The molecule has 0 aliphatic rings. The highest BCUT2D eigenvalue weighted by Gasteiger charge is 1.82. The standard InChI is InChI=1S/C7H13NO2/c1-2-3-6-10-7-4-5-8-9/h2,5,9H,1,3-4,6-7H2/b8-5-. The van der Waals surface area contributed by atoms with E-state index in [9.17, 15) is 0 Å². The summed E-state index contributed by atoms with van der Waals surface area (Å²) >= 11 is 0. The van der Waals surface area contributed by atoms with Crippen LogP contribution in [0.5, 0.6) is 0 Å². The van der Waals surface area contributed by atoms with Crippen molar-refractivity contribution < 1.29 is 9.94 Å². The highest BCUT2D eigenvalue weighted by atomic mass is 16.5. The first-order chi connectivity index (χ1) is 4.91. The topological polar surface area (TPSA) is 41.8 Å². The van der Waals surface area contributed by atoms with Gasteiger partial charge in [0.15, 0.2) is 0 Å². The third-order valence-corrected chi connectivity index (χ3v) is 0.939. The molecule has 0 aromatic rings. The number of ether oxygens (including phenoxy) is 1. The van der Waals surface area contributed by atoms with Crippen LogP contribution in [0.1, 0.15) is 12.8 Å². The van der Waals surface area contributed by atoms with Crippen molar-refractivity contribution in [2.45, 2.75) is 12.8 Å². The van der Waals surface area contributed by atoms with Crippen molar-refractivity contribution in [3.8, 4) is 0 Å². The molecular formula is C7H13NO2. The van der Waals surface area contributed by atoms with E-state index in [2.05, 4.69) is 11.7 Å². The summed E-state index contributed by atoms with van der Waals surface area (Å²) in [6.45, 7) is 4.85. The van der Waals surface area contributed by atoms with Gasteiger partial charge in [-0.25, -0.2) is 0 Å². The van der Waals surface area contributed by atoms with E-state index in [1.165, 1.54) is 6.21 Å². The molecule has 0 spiro atoms. The molecule has 0 radical (unpaired) electrons. The number of rotatable bonds is 6. The van der Waals surface area contributed by atoms with Crippen LogP contribution in [0, 0.1) is 0 Å². The van der Waals surface area contributed by atoms with Crippen molar-refractivity contribution in [3.05, 3.63) is 12.7 Å². The predicted octanol–water partition coefficient (Wildman–Crippen LogP) is 1.43. The molecule has 0 heterocycles. The molecule has 0 saturated heterocycles. The Bertz CT molecular complexity index is 102. The van der Waals surface area contributed by atoms with E-state index in [0.29, 0.717) is 19.6 Å². The second-order valence-electron chi connectivity index (χ2n) is 1.78. The quantitative estimate of drug-likeness (QED) is 0.201. The number of oxime groups is 1. The van der Waals surface area contributed by atoms with Crippen LogP contribution >= 0.6 is 0 Å². The summed E-state index contributed by atoms with van der Waals surface area (Å²) in [4.78, 5) is 0. The van der Waals surface area contributed by atoms with Crippen LogP contribution < -0.4 is 0 Å². The van der Waals surface area contributed by atoms with E-state index in [1.54, 1.807) is 6.08 Å². The lowest BCUT2D eigenvalue weighted by Gasteiger charge is -1.96. The van der Waals surface area contributed by atoms with Gasteiger partial charge >= 0.3 is 0 Å². The Hall–Kier alpha value is -0.830. The molecule has 0 bridgehead atoms. The molecule has 3 nitrogen and oxygen atoms in total. The van der Waals surface area contributed by atoms with Gasteiger partial charge in [0.05, 0.1) is 13.2 Å². The normalized spacial score (nSPS) is 10.4. The van der Waals surface area contributed by atoms with Crippen LogP contribution in [0.15, 0.2) is 17.8 Å². The first kappa shape index (κ1) is 9.17.